The van der Waals surface area contributed by atoms with Gasteiger partial charge in [0.15, 0.2) is 11.5 Å². The summed E-state index contributed by atoms with van der Waals surface area (Å²) in [6, 6.07) is 12.6. The number of anilines is 2. The second-order valence-corrected chi connectivity index (χ2v) is 6.59. The predicted octanol–water partition coefficient (Wildman–Crippen LogP) is 3.83. The van der Waals surface area contributed by atoms with E-state index in [1.54, 1.807) is 12.1 Å². The van der Waals surface area contributed by atoms with Gasteiger partial charge in [0.2, 0.25) is 0 Å². The standard InChI is InChI=1S/C18H20N2O4S/c1-13(21)14-11-16(19-25(22)23)18(24-15-7-3-2-4-8-15)17(12-14)20-9-5-6-10-20/h2-4,7-8,11-12,19H,5-6,9-10H2,1H3,(H,22,23). The van der Waals surface area contributed by atoms with E-state index in [1.165, 1.54) is 6.92 Å². The van der Waals surface area contributed by atoms with E-state index >= 15 is 0 Å². The Labute approximate surface area is 149 Å². The van der Waals surface area contributed by atoms with Crippen molar-refractivity contribution in [1.29, 1.82) is 0 Å². The minimum Gasteiger partial charge on any atom is -0.453 e. The normalized spacial score (nSPS) is 15.0. The van der Waals surface area contributed by atoms with Crippen LogP contribution in [0.4, 0.5) is 11.4 Å². The average Bonchev–Trinajstić information content (AvgIpc) is 3.11. The van der Waals surface area contributed by atoms with Gasteiger partial charge in [0.25, 0.3) is 11.3 Å². The molecule has 0 aliphatic carbocycles. The van der Waals surface area contributed by atoms with E-state index in [4.69, 9.17) is 4.74 Å². The summed E-state index contributed by atoms with van der Waals surface area (Å²) in [4.78, 5) is 14.0. The summed E-state index contributed by atoms with van der Waals surface area (Å²) >= 11 is -2.28. The molecule has 0 aromatic heterocycles. The number of ketones is 1. The summed E-state index contributed by atoms with van der Waals surface area (Å²) in [6.45, 7) is 3.18. The SMILES string of the molecule is CC(=O)c1cc(NS(=O)O)c(Oc2ccccc2)c(N2CCCC2)c1. The quantitative estimate of drug-likeness (QED) is 0.605. The minimum absolute atomic E-state index is 0.113. The van der Waals surface area contributed by atoms with Gasteiger partial charge in [-0.2, -0.15) is 0 Å². The van der Waals surface area contributed by atoms with Gasteiger partial charge >= 0.3 is 0 Å². The fraction of sp³-hybridized carbons (Fsp3) is 0.278. The summed E-state index contributed by atoms with van der Waals surface area (Å²) in [6.07, 6.45) is 2.12. The highest BCUT2D eigenvalue weighted by molar-refractivity contribution is 7.80. The molecule has 1 aliphatic rings. The van der Waals surface area contributed by atoms with Crippen molar-refractivity contribution in [3.8, 4) is 11.5 Å². The van der Waals surface area contributed by atoms with Crippen molar-refractivity contribution < 1.29 is 18.3 Å². The molecule has 7 heteroatoms. The van der Waals surface area contributed by atoms with Gasteiger partial charge in [0, 0.05) is 18.7 Å². The first-order valence-electron chi connectivity index (χ1n) is 8.09. The summed E-state index contributed by atoms with van der Waals surface area (Å²) in [5, 5.41) is 0. The Bertz CT molecular complexity index is 789. The Balaban J connectivity index is 2.12. The maximum absolute atomic E-state index is 11.9. The Morgan fingerprint density at radius 3 is 2.48 bits per heavy atom. The number of nitrogens with zero attached hydrogens (tertiary/aromatic N) is 1. The third-order valence-corrected chi connectivity index (χ3v) is 4.48. The van der Waals surface area contributed by atoms with Crippen LogP contribution in [0.2, 0.25) is 0 Å². The summed E-state index contributed by atoms with van der Waals surface area (Å²) in [5.41, 5.74) is 1.54. The van der Waals surface area contributed by atoms with E-state index in [9.17, 15) is 13.6 Å². The molecular formula is C18H20N2O4S. The molecule has 25 heavy (non-hydrogen) atoms. The number of hydrogen-bond acceptors (Lipinski definition) is 4. The first-order chi connectivity index (χ1) is 12.0. The molecule has 6 nitrogen and oxygen atoms in total. The van der Waals surface area contributed by atoms with Crippen molar-refractivity contribution in [1.82, 2.24) is 0 Å². The molecule has 2 aromatic carbocycles. The zero-order valence-corrected chi connectivity index (χ0v) is 14.7. The highest BCUT2D eigenvalue weighted by atomic mass is 32.2. The zero-order chi connectivity index (χ0) is 17.8. The third-order valence-electron chi connectivity index (χ3n) is 4.08. The monoisotopic (exact) mass is 360 g/mol. The lowest BCUT2D eigenvalue weighted by atomic mass is 10.1. The number of benzene rings is 2. The van der Waals surface area contributed by atoms with Gasteiger partial charge in [0.1, 0.15) is 5.75 Å². The zero-order valence-electron chi connectivity index (χ0n) is 13.9. The number of rotatable bonds is 6. The van der Waals surface area contributed by atoms with Crippen molar-refractivity contribution in [2.24, 2.45) is 0 Å². The maximum atomic E-state index is 11.9. The van der Waals surface area contributed by atoms with Gasteiger partial charge in [-0.3, -0.25) is 14.1 Å². The minimum atomic E-state index is -2.28. The Morgan fingerprint density at radius 2 is 1.88 bits per heavy atom. The molecule has 3 rings (SSSR count). The van der Waals surface area contributed by atoms with Crippen LogP contribution in [0, 0.1) is 0 Å². The van der Waals surface area contributed by atoms with Crippen LogP contribution in [0.3, 0.4) is 0 Å². The number of carbonyl (C=O) groups is 1. The number of hydrogen-bond donors (Lipinski definition) is 2. The predicted molar refractivity (Wildman–Crippen MR) is 98.8 cm³/mol. The number of para-hydroxylation sites is 1. The number of nitrogens with one attached hydrogen (secondary N) is 1. The fourth-order valence-electron chi connectivity index (χ4n) is 2.89. The van der Waals surface area contributed by atoms with E-state index in [0.29, 0.717) is 22.7 Å². The molecule has 0 saturated carbocycles. The van der Waals surface area contributed by atoms with Crippen LogP contribution < -0.4 is 14.4 Å². The molecule has 2 N–H and O–H groups in total. The van der Waals surface area contributed by atoms with E-state index in [2.05, 4.69) is 9.62 Å². The largest absolute Gasteiger partial charge is 0.453 e. The molecule has 1 unspecified atom stereocenters. The van der Waals surface area contributed by atoms with Gasteiger partial charge < -0.3 is 9.64 Å². The Hall–Kier alpha value is -2.38. The smallest absolute Gasteiger partial charge is 0.259 e. The van der Waals surface area contributed by atoms with Gasteiger partial charge in [-0.15, -0.1) is 0 Å². The van der Waals surface area contributed by atoms with Crippen LogP contribution >= 0.6 is 0 Å². The topological polar surface area (TPSA) is 78.9 Å². The molecule has 1 saturated heterocycles. The summed E-state index contributed by atoms with van der Waals surface area (Å²) < 4.78 is 29.1. The molecule has 1 fully saturated rings. The lowest BCUT2D eigenvalue weighted by molar-refractivity contribution is 0.101. The lowest BCUT2D eigenvalue weighted by Crippen LogP contribution is -2.19. The van der Waals surface area contributed by atoms with Crippen molar-refractivity contribution in [2.45, 2.75) is 19.8 Å². The van der Waals surface area contributed by atoms with Gasteiger partial charge in [-0.25, -0.2) is 4.21 Å². The Kier molecular flexibility index (Phi) is 5.35. The number of carbonyl (C=O) groups excluding carboxylic acids is 1. The molecule has 132 valence electrons. The fourth-order valence-corrected chi connectivity index (χ4v) is 3.23. The van der Waals surface area contributed by atoms with Crippen molar-refractivity contribution in [3.63, 3.8) is 0 Å². The molecule has 1 atom stereocenters. The third kappa shape index (κ3) is 4.18. The highest BCUT2D eigenvalue weighted by Gasteiger charge is 2.23. The molecule has 0 radical (unpaired) electrons. The van der Waals surface area contributed by atoms with Crippen molar-refractivity contribution in [3.05, 3.63) is 48.0 Å². The average molecular weight is 360 g/mol. The summed E-state index contributed by atoms with van der Waals surface area (Å²) in [7, 11) is 0. The molecule has 0 spiro atoms. The first-order valence-corrected chi connectivity index (χ1v) is 9.19. The van der Waals surface area contributed by atoms with E-state index < -0.39 is 11.3 Å². The molecule has 0 bridgehead atoms. The molecule has 1 heterocycles. The van der Waals surface area contributed by atoms with Crippen molar-refractivity contribution in [2.75, 3.05) is 22.7 Å². The van der Waals surface area contributed by atoms with Gasteiger partial charge in [0.05, 0.1) is 11.4 Å². The number of Topliss-reactive ketones (excluding diaryl/α,β-unsaturated/α-hetero) is 1. The Morgan fingerprint density at radius 1 is 1.20 bits per heavy atom. The first kappa shape index (κ1) is 17.4. The second-order valence-electron chi connectivity index (χ2n) is 5.89. The van der Waals surface area contributed by atoms with Crippen molar-refractivity contribution >= 4 is 28.4 Å². The van der Waals surface area contributed by atoms with Gasteiger partial charge in [-0.1, -0.05) is 18.2 Å². The van der Waals surface area contributed by atoms with Crippen LogP contribution in [0.5, 0.6) is 11.5 Å². The molecule has 0 amide bonds. The van der Waals surface area contributed by atoms with Crippen LogP contribution in [-0.4, -0.2) is 27.6 Å². The van der Waals surface area contributed by atoms with Gasteiger partial charge in [-0.05, 0) is 44.0 Å². The van der Waals surface area contributed by atoms with E-state index in [-0.39, 0.29) is 5.78 Å². The molecular weight excluding hydrogens is 340 g/mol. The van der Waals surface area contributed by atoms with Crippen LogP contribution in [-0.2, 0) is 11.3 Å². The maximum Gasteiger partial charge on any atom is 0.259 e. The second kappa shape index (κ2) is 7.67. The van der Waals surface area contributed by atoms with E-state index in [1.807, 2.05) is 30.3 Å². The highest BCUT2D eigenvalue weighted by Crippen LogP contribution is 2.41. The molecule has 1 aliphatic heterocycles. The van der Waals surface area contributed by atoms with Crippen LogP contribution in [0.25, 0.3) is 0 Å². The molecule has 2 aromatic rings. The summed E-state index contributed by atoms with van der Waals surface area (Å²) in [5.74, 6) is 0.948. The van der Waals surface area contributed by atoms with Crippen LogP contribution in [0.1, 0.15) is 30.1 Å². The number of ether oxygens (including phenoxy) is 1. The van der Waals surface area contributed by atoms with E-state index in [0.717, 1.165) is 31.6 Å². The lowest BCUT2D eigenvalue weighted by Gasteiger charge is -2.24. The van der Waals surface area contributed by atoms with Crippen LogP contribution in [0.15, 0.2) is 42.5 Å².